The normalized spacial score (nSPS) is 11.6. The molecule has 0 bridgehead atoms. The van der Waals surface area contributed by atoms with Crippen LogP contribution in [0.5, 0.6) is 5.75 Å². The van der Waals surface area contributed by atoms with Crippen LogP contribution in [0.3, 0.4) is 0 Å². The number of nitrogens with one attached hydrogen (secondary N) is 1. The maximum absolute atomic E-state index is 13.1. The fourth-order valence-corrected chi connectivity index (χ4v) is 3.75. The molecular formula is C23H28BrClN2O3. The zero-order chi connectivity index (χ0) is 21.9. The molecule has 2 amide bonds. The van der Waals surface area contributed by atoms with E-state index in [2.05, 4.69) is 28.2 Å². The highest BCUT2D eigenvalue weighted by atomic mass is 79.9. The Morgan fingerprint density at radius 2 is 1.90 bits per heavy atom. The Morgan fingerprint density at radius 3 is 2.53 bits per heavy atom. The van der Waals surface area contributed by atoms with Gasteiger partial charge in [0, 0.05) is 17.6 Å². The highest BCUT2D eigenvalue weighted by Crippen LogP contribution is 2.27. The lowest BCUT2D eigenvalue weighted by Gasteiger charge is -2.30. The predicted molar refractivity (Wildman–Crippen MR) is 124 cm³/mol. The van der Waals surface area contributed by atoms with Crippen molar-refractivity contribution in [2.45, 2.75) is 45.7 Å². The SMILES string of the molecule is CCCCNC(=O)[C@@H](CC)N(Cc1ccccc1)C(=O)COc1ccc(Br)cc1Cl. The third kappa shape index (κ3) is 7.33. The molecule has 0 aromatic heterocycles. The fraction of sp³-hybridized carbons (Fsp3) is 0.391. The standard InChI is InChI=1S/C23H28BrClN2O3/c1-3-5-13-26-23(29)20(4-2)27(15-17-9-7-6-8-10-17)22(28)16-30-21-12-11-18(24)14-19(21)25/h6-12,14,20H,3-5,13,15-16H2,1-2H3,(H,26,29)/t20-/m1/s1. The third-order valence-electron chi connectivity index (χ3n) is 4.66. The number of hydrogen-bond donors (Lipinski definition) is 1. The van der Waals surface area contributed by atoms with Gasteiger partial charge in [-0.1, -0.05) is 78.1 Å². The largest absolute Gasteiger partial charge is 0.482 e. The van der Waals surface area contributed by atoms with E-state index in [4.69, 9.17) is 16.3 Å². The van der Waals surface area contributed by atoms with E-state index in [1.165, 1.54) is 0 Å². The van der Waals surface area contributed by atoms with Gasteiger partial charge in [0.05, 0.1) is 5.02 Å². The zero-order valence-electron chi connectivity index (χ0n) is 17.4. The summed E-state index contributed by atoms with van der Waals surface area (Å²) >= 11 is 9.54. The molecule has 2 rings (SSSR count). The molecule has 0 spiro atoms. The molecule has 0 unspecified atom stereocenters. The number of rotatable bonds is 11. The number of halogens is 2. The number of nitrogens with zero attached hydrogens (tertiary/aromatic N) is 1. The van der Waals surface area contributed by atoms with Gasteiger partial charge in [0.1, 0.15) is 11.8 Å². The molecule has 0 saturated carbocycles. The van der Waals surface area contributed by atoms with Crippen LogP contribution in [0.25, 0.3) is 0 Å². The zero-order valence-corrected chi connectivity index (χ0v) is 19.7. The minimum Gasteiger partial charge on any atom is -0.482 e. The van der Waals surface area contributed by atoms with Gasteiger partial charge in [-0.05, 0) is 36.6 Å². The summed E-state index contributed by atoms with van der Waals surface area (Å²) in [5, 5.41) is 3.36. The number of benzene rings is 2. The molecule has 0 aliphatic rings. The summed E-state index contributed by atoms with van der Waals surface area (Å²) in [6.45, 7) is 4.70. The minimum atomic E-state index is -0.571. The Kier molecular flexibility index (Phi) is 10.2. The van der Waals surface area contributed by atoms with Gasteiger partial charge in [-0.3, -0.25) is 9.59 Å². The maximum atomic E-state index is 13.1. The van der Waals surface area contributed by atoms with Crippen molar-refractivity contribution in [1.82, 2.24) is 10.2 Å². The lowest BCUT2D eigenvalue weighted by atomic mass is 10.1. The molecule has 0 aliphatic carbocycles. The van der Waals surface area contributed by atoms with Gasteiger partial charge in [-0.15, -0.1) is 0 Å². The molecule has 0 saturated heterocycles. The smallest absolute Gasteiger partial charge is 0.261 e. The molecule has 1 atom stereocenters. The van der Waals surface area contributed by atoms with E-state index in [1.807, 2.05) is 37.3 Å². The number of hydrogen-bond acceptors (Lipinski definition) is 3. The molecule has 1 N–H and O–H groups in total. The first-order chi connectivity index (χ1) is 14.5. The Hall–Kier alpha value is -2.05. The van der Waals surface area contributed by atoms with Gasteiger partial charge in [0.2, 0.25) is 5.91 Å². The van der Waals surface area contributed by atoms with Crippen molar-refractivity contribution in [3.05, 3.63) is 63.6 Å². The van der Waals surface area contributed by atoms with Crippen molar-refractivity contribution in [2.75, 3.05) is 13.2 Å². The summed E-state index contributed by atoms with van der Waals surface area (Å²) < 4.78 is 6.50. The molecule has 0 heterocycles. The Labute approximate surface area is 191 Å². The summed E-state index contributed by atoms with van der Waals surface area (Å²) in [6.07, 6.45) is 2.40. The van der Waals surface area contributed by atoms with Crippen LogP contribution in [0.4, 0.5) is 0 Å². The lowest BCUT2D eigenvalue weighted by Crippen LogP contribution is -2.50. The summed E-state index contributed by atoms with van der Waals surface area (Å²) in [5.74, 6) is 0.0144. The van der Waals surface area contributed by atoms with Crippen LogP contribution in [0.2, 0.25) is 5.02 Å². The van der Waals surface area contributed by atoms with Gasteiger partial charge >= 0.3 is 0 Å². The van der Waals surface area contributed by atoms with E-state index in [0.29, 0.717) is 30.3 Å². The molecule has 162 valence electrons. The molecule has 30 heavy (non-hydrogen) atoms. The number of carbonyl (C=O) groups excluding carboxylic acids is 2. The second-order valence-corrected chi connectivity index (χ2v) is 8.26. The third-order valence-corrected chi connectivity index (χ3v) is 5.44. The first-order valence-corrected chi connectivity index (χ1v) is 11.3. The quantitative estimate of drug-likeness (QED) is 0.436. The number of unbranched alkanes of at least 4 members (excludes halogenated alkanes) is 1. The van der Waals surface area contributed by atoms with Crippen molar-refractivity contribution in [1.29, 1.82) is 0 Å². The van der Waals surface area contributed by atoms with Crippen LogP contribution in [0, 0.1) is 0 Å². The average molecular weight is 496 g/mol. The molecule has 2 aromatic carbocycles. The summed E-state index contributed by atoms with van der Waals surface area (Å²) in [6, 6.07) is 14.3. The fourth-order valence-electron chi connectivity index (χ4n) is 3.02. The van der Waals surface area contributed by atoms with Gasteiger partial charge in [0.15, 0.2) is 6.61 Å². The molecule has 2 aromatic rings. The Morgan fingerprint density at radius 1 is 1.17 bits per heavy atom. The van der Waals surface area contributed by atoms with Crippen LogP contribution in [-0.2, 0) is 16.1 Å². The van der Waals surface area contributed by atoms with Crippen LogP contribution in [0.1, 0.15) is 38.7 Å². The van der Waals surface area contributed by atoms with Crippen LogP contribution >= 0.6 is 27.5 Å². The number of carbonyl (C=O) groups is 2. The molecule has 0 radical (unpaired) electrons. The predicted octanol–water partition coefficient (Wildman–Crippen LogP) is 5.21. The van der Waals surface area contributed by atoms with Gasteiger partial charge in [-0.25, -0.2) is 0 Å². The summed E-state index contributed by atoms with van der Waals surface area (Å²) in [5.41, 5.74) is 0.951. The van der Waals surface area contributed by atoms with Crippen LogP contribution in [-0.4, -0.2) is 35.9 Å². The Bertz CT molecular complexity index is 832. The monoisotopic (exact) mass is 494 g/mol. The van der Waals surface area contributed by atoms with E-state index < -0.39 is 6.04 Å². The first kappa shape index (κ1) is 24.2. The van der Waals surface area contributed by atoms with Crippen molar-refractivity contribution >= 4 is 39.3 Å². The molecule has 0 aliphatic heterocycles. The van der Waals surface area contributed by atoms with E-state index in [0.717, 1.165) is 22.9 Å². The first-order valence-electron chi connectivity index (χ1n) is 10.1. The number of ether oxygens (including phenoxy) is 1. The minimum absolute atomic E-state index is 0.142. The summed E-state index contributed by atoms with van der Waals surface area (Å²) in [7, 11) is 0. The highest BCUT2D eigenvalue weighted by Gasteiger charge is 2.28. The topological polar surface area (TPSA) is 58.6 Å². The molecule has 7 heteroatoms. The van der Waals surface area contributed by atoms with Crippen molar-refractivity contribution in [2.24, 2.45) is 0 Å². The van der Waals surface area contributed by atoms with Crippen molar-refractivity contribution < 1.29 is 14.3 Å². The Balaban J connectivity index is 2.16. The van der Waals surface area contributed by atoms with Crippen molar-refractivity contribution in [3.63, 3.8) is 0 Å². The van der Waals surface area contributed by atoms with E-state index >= 15 is 0 Å². The van der Waals surface area contributed by atoms with Crippen LogP contribution in [0.15, 0.2) is 53.0 Å². The lowest BCUT2D eigenvalue weighted by molar-refractivity contribution is -0.143. The molecular weight excluding hydrogens is 468 g/mol. The highest BCUT2D eigenvalue weighted by molar-refractivity contribution is 9.10. The molecule has 5 nitrogen and oxygen atoms in total. The average Bonchev–Trinajstić information content (AvgIpc) is 2.73. The van der Waals surface area contributed by atoms with E-state index in [9.17, 15) is 9.59 Å². The van der Waals surface area contributed by atoms with E-state index in [-0.39, 0.29) is 18.4 Å². The van der Waals surface area contributed by atoms with Gasteiger partial charge < -0.3 is 15.0 Å². The van der Waals surface area contributed by atoms with Crippen molar-refractivity contribution in [3.8, 4) is 5.75 Å². The van der Waals surface area contributed by atoms with Gasteiger partial charge in [-0.2, -0.15) is 0 Å². The number of amides is 2. The van der Waals surface area contributed by atoms with Crippen LogP contribution < -0.4 is 10.1 Å². The second-order valence-electron chi connectivity index (χ2n) is 6.94. The summed E-state index contributed by atoms with van der Waals surface area (Å²) in [4.78, 5) is 27.5. The van der Waals surface area contributed by atoms with E-state index in [1.54, 1.807) is 23.1 Å². The maximum Gasteiger partial charge on any atom is 0.261 e. The second kappa shape index (κ2) is 12.6. The molecule has 0 fully saturated rings. The van der Waals surface area contributed by atoms with Gasteiger partial charge in [0.25, 0.3) is 5.91 Å².